The lowest BCUT2D eigenvalue weighted by molar-refractivity contribution is -0.0629. The van der Waals surface area contributed by atoms with E-state index in [-0.39, 0.29) is 18.2 Å². The van der Waals surface area contributed by atoms with Crippen molar-refractivity contribution in [3.05, 3.63) is 23.4 Å². The van der Waals surface area contributed by atoms with Crippen molar-refractivity contribution in [2.45, 2.75) is 76.7 Å². The monoisotopic (exact) mass is 348 g/mol. The Labute approximate surface area is 149 Å². The molecule has 2 fully saturated rings. The highest BCUT2D eigenvalue weighted by Gasteiger charge is 2.51. The number of carbonyl (C=O) groups excluding carboxylic acids is 1. The van der Waals surface area contributed by atoms with Crippen LogP contribution in [0.4, 0.5) is 4.79 Å². The third-order valence-electron chi connectivity index (χ3n) is 5.17. The summed E-state index contributed by atoms with van der Waals surface area (Å²) < 4.78 is 10.7. The van der Waals surface area contributed by atoms with E-state index in [1.165, 1.54) is 0 Å². The van der Waals surface area contributed by atoms with E-state index in [9.17, 15) is 9.90 Å². The summed E-state index contributed by atoms with van der Waals surface area (Å²) in [5.41, 5.74) is 0.308. The molecule has 2 atom stereocenters. The topological polar surface area (TPSA) is 71.9 Å². The van der Waals surface area contributed by atoms with Gasteiger partial charge < -0.3 is 19.5 Å². The Kier molecular flexibility index (Phi) is 4.43. The number of hydrogen-bond acceptors (Lipinski definition) is 5. The molecule has 0 aliphatic carbocycles. The number of amides is 1. The van der Waals surface area contributed by atoms with Crippen molar-refractivity contribution in [3.63, 3.8) is 0 Å². The standard InChI is InChI=1S/C19H28N2O4/c1-12-8-16(24-5)20-11-15(12)19(23)9-13-6-7-14(10-19)21(13)17(22)25-18(2,3)4/h8,11,13-14,23H,6-7,9-10H2,1-5H3. The van der Waals surface area contributed by atoms with Crippen LogP contribution in [0.3, 0.4) is 0 Å². The summed E-state index contributed by atoms with van der Waals surface area (Å²) in [5, 5.41) is 11.3. The summed E-state index contributed by atoms with van der Waals surface area (Å²) in [7, 11) is 1.58. The summed E-state index contributed by atoms with van der Waals surface area (Å²) in [6.07, 6.45) is 4.25. The smallest absolute Gasteiger partial charge is 0.410 e. The molecule has 0 spiro atoms. The molecule has 138 valence electrons. The number of hydrogen-bond donors (Lipinski definition) is 1. The first-order valence-electron chi connectivity index (χ1n) is 8.88. The Hall–Kier alpha value is -1.82. The van der Waals surface area contributed by atoms with Crippen molar-refractivity contribution in [2.75, 3.05) is 7.11 Å². The van der Waals surface area contributed by atoms with Crippen LogP contribution in [0.1, 0.15) is 57.6 Å². The molecule has 3 heterocycles. The lowest BCUT2D eigenvalue weighted by Gasteiger charge is -2.44. The van der Waals surface area contributed by atoms with Crippen LogP contribution in [0.2, 0.25) is 0 Å². The predicted molar refractivity (Wildman–Crippen MR) is 93.5 cm³/mol. The van der Waals surface area contributed by atoms with Gasteiger partial charge in [0.2, 0.25) is 5.88 Å². The minimum atomic E-state index is -0.965. The summed E-state index contributed by atoms with van der Waals surface area (Å²) in [6, 6.07) is 1.84. The van der Waals surface area contributed by atoms with Crippen LogP contribution in [-0.4, -0.2) is 45.9 Å². The van der Waals surface area contributed by atoms with E-state index in [4.69, 9.17) is 9.47 Å². The van der Waals surface area contributed by atoms with Crippen molar-refractivity contribution < 1.29 is 19.4 Å². The molecule has 2 unspecified atom stereocenters. The van der Waals surface area contributed by atoms with Gasteiger partial charge in [0.1, 0.15) is 5.60 Å². The second-order valence-electron chi connectivity index (χ2n) is 8.25. The van der Waals surface area contributed by atoms with Gasteiger partial charge in [-0.15, -0.1) is 0 Å². The number of fused-ring (bicyclic) bond motifs is 2. The highest BCUT2D eigenvalue weighted by atomic mass is 16.6. The van der Waals surface area contributed by atoms with Crippen molar-refractivity contribution in [1.82, 2.24) is 9.88 Å². The van der Waals surface area contributed by atoms with Crippen molar-refractivity contribution in [2.24, 2.45) is 0 Å². The summed E-state index contributed by atoms with van der Waals surface area (Å²) in [4.78, 5) is 18.7. The predicted octanol–water partition coefficient (Wildman–Crippen LogP) is 3.15. The van der Waals surface area contributed by atoms with Crippen molar-refractivity contribution >= 4 is 6.09 Å². The molecule has 2 saturated heterocycles. The number of piperidine rings is 1. The number of rotatable bonds is 2. The van der Waals surface area contributed by atoms with E-state index in [1.807, 2.05) is 38.7 Å². The third-order valence-corrected chi connectivity index (χ3v) is 5.17. The fourth-order valence-electron chi connectivity index (χ4n) is 4.19. The lowest BCUT2D eigenvalue weighted by atomic mass is 9.79. The fourth-order valence-corrected chi connectivity index (χ4v) is 4.19. The lowest BCUT2D eigenvalue weighted by Crippen LogP contribution is -2.53. The number of nitrogens with zero attached hydrogens (tertiary/aromatic N) is 2. The fraction of sp³-hybridized carbons (Fsp3) is 0.684. The molecule has 2 bridgehead atoms. The summed E-state index contributed by atoms with van der Waals surface area (Å²) in [6.45, 7) is 7.58. The number of pyridine rings is 1. The van der Waals surface area contributed by atoms with Crippen molar-refractivity contribution in [3.8, 4) is 5.88 Å². The van der Waals surface area contributed by atoms with Gasteiger partial charge in [-0.05, 0) is 46.1 Å². The van der Waals surface area contributed by atoms with Gasteiger partial charge in [-0.2, -0.15) is 0 Å². The molecule has 0 aromatic carbocycles. The minimum absolute atomic E-state index is 0.0000941. The largest absolute Gasteiger partial charge is 0.481 e. The van der Waals surface area contributed by atoms with E-state index in [1.54, 1.807) is 13.3 Å². The zero-order chi connectivity index (χ0) is 18.4. The highest BCUT2D eigenvalue weighted by Crippen LogP contribution is 2.47. The molecule has 0 saturated carbocycles. The van der Waals surface area contributed by atoms with E-state index in [2.05, 4.69) is 4.98 Å². The van der Waals surface area contributed by atoms with Crippen LogP contribution in [0.25, 0.3) is 0 Å². The van der Waals surface area contributed by atoms with Gasteiger partial charge in [0.15, 0.2) is 0 Å². The summed E-state index contributed by atoms with van der Waals surface area (Å²) in [5.74, 6) is 0.541. The zero-order valence-corrected chi connectivity index (χ0v) is 15.7. The van der Waals surface area contributed by atoms with Gasteiger partial charge in [0.05, 0.1) is 12.7 Å². The van der Waals surface area contributed by atoms with E-state index in [0.717, 1.165) is 24.0 Å². The maximum absolute atomic E-state index is 12.6. The van der Waals surface area contributed by atoms with E-state index < -0.39 is 11.2 Å². The Morgan fingerprint density at radius 3 is 2.40 bits per heavy atom. The number of aliphatic hydroxyl groups is 1. The van der Waals surface area contributed by atoms with Crippen molar-refractivity contribution in [1.29, 1.82) is 0 Å². The quantitative estimate of drug-likeness (QED) is 0.889. The molecule has 2 aliphatic heterocycles. The molecule has 0 radical (unpaired) electrons. The van der Waals surface area contributed by atoms with Gasteiger partial charge in [-0.1, -0.05) is 0 Å². The second kappa shape index (κ2) is 6.16. The maximum Gasteiger partial charge on any atom is 0.410 e. The SMILES string of the molecule is COc1cc(C)c(C2(O)CC3CCC(C2)N3C(=O)OC(C)(C)C)cn1. The third kappa shape index (κ3) is 3.45. The molecule has 6 nitrogen and oxygen atoms in total. The van der Waals surface area contributed by atoms with Crippen LogP contribution in [0.5, 0.6) is 5.88 Å². The van der Waals surface area contributed by atoms with Crippen LogP contribution in [-0.2, 0) is 10.3 Å². The average Bonchev–Trinajstić information content (AvgIpc) is 2.78. The van der Waals surface area contributed by atoms with E-state index >= 15 is 0 Å². The van der Waals surface area contributed by atoms with Crippen LogP contribution in [0.15, 0.2) is 12.3 Å². The molecule has 1 amide bonds. The Balaban J connectivity index is 1.82. The number of aryl methyl sites for hydroxylation is 1. The van der Waals surface area contributed by atoms with Gasteiger partial charge in [-0.25, -0.2) is 9.78 Å². The zero-order valence-electron chi connectivity index (χ0n) is 15.7. The normalized spacial score (nSPS) is 28.8. The van der Waals surface area contributed by atoms with Gasteiger partial charge in [0, 0.05) is 42.8 Å². The molecule has 6 heteroatoms. The van der Waals surface area contributed by atoms with Gasteiger partial charge in [-0.3, -0.25) is 0 Å². The highest BCUT2D eigenvalue weighted by molar-refractivity contribution is 5.70. The summed E-state index contributed by atoms with van der Waals surface area (Å²) >= 11 is 0. The number of ether oxygens (including phenoxy) is 2. The first-order valence-corrected chi connectivity index (χ1v) is 8.88. The minimum Gasteiger partial charge on any atom is -0.481 e. The average molecular weight is 348 g/mol. The first kappa shape index (κ1) is 18.0. The van der Waals surface area contributed by atoms with Gasteiger partial charge in [0.25, 0.3) is 0 Å². The second-order valence-corrected chi connectivity index (χ2v) is 8.25. The molecule has 1 aromatic heterocycles. The van der Waals surface area contributed by atoms with Crippen LogP contribution >= 0.6 is 0 Å². The first-order chi connectivity index (χ1) is 11.6. The molecular weight excluding hydrogens is 320 g/mol. The van der Waals surface area contributed by atoms with E-state index in [0.29, 0.717) is 18.7 Å². The van der Waals surface area contributed by atoms with Gasteiger partial charge >= 0.3 is 6.09 Å². The Bertz CT molecular complexity index is 654. The van der Waals surface area contributed by atoms with Crippen LogP contribution in [0, 0.1) is 6.92 Å². The molecule has 1 N–H and O–H groups in total. The molecule has 25 heavy (non-hydrogen) atoms. The molecule has 3 rings (SSSR count). The number of aromatic nitrogens is 1. The molecular formula is C19H28N2O4. The van der Waals surface area contributed by atoms with Crippen LogP contribution < -0.4 is 4.74 Å². The maximum atomic E-state index is 12.6. The molecule has 2 aliphatic rings. The Morgan fingerprint density at radius 2 is 1.92 bits per heavy atom. The molecule has 1 aromatic rings. The number of methoxy groups -OCH3 is 1. The number of carbonyl (C=O) groups is 1. The Morgan fingerprint density at radius 1 is 1.32 bits per heavy atom.